The van der Waals surface area contributed by atoms with Gasteiger partial charge < -0.3 is 10.2 Å². The topological polar surface area (TPSA) is 50.7 Å². The second-order valence-electron chi connectivity index (χ2n) is 4.53. The summed E-state index contributed by atoms with van der Waals surface area (Å²) in [7, 11) is 1.44. The van der Waals surface area contributed by atoms with Crippen LogP contribution >= 0.6 is 34.8 Å². The van der Waals surface area contributed by atoms with Crippen molar-refractivity contribution in [2.24, 2.45) is 5.16 Å². The van der Waals surface area contributed by atoms with Gasteiger partial charge in [-0.25, -0.2) is 0 Å². The number of halogens is 3. The summed E-state index contributed by atoms with van der Waals surface area (Å²) in [5.41, 5.74) is 1.69. The van der Waals surface area contributed by atoms with E-state index in [1.165, 1.54) is 13.2 Å². The Morgan fingerprint density at radius 1 is 1.09 bits per heavy atom. The Kier molecular flexibility index (Phi) is 6.28. The van der Waals surface area contributed by atoms with Crippen LogP contribution in [0.2, 0.25) is 15.1 Å². The Labute approximate surface area is 149 Å². The van der Waals surface area contributed by atoms with E-state index in [0.29, 0.717) is 21.3 Å². The van der Waals surface area contributed by atoms with Crippen molar-refractivity contribution in [3.05, 3.63) is 68.7 Å². The Bertz CT molecular complexity index is 731. The number of nitrogens with zero attached hydrogens (tertiary/aromatic N) is 1. The van der Waals surface area contributed by atoms with E-state index in [9.17, 15) is 4.79 Å². The largest absolute Gasteiger partial charge is 0.399 e. The van der Waals surface area contributed by atoms with Gasteiger partial charge in [-0.05, 0) is 30.3 Å². The molecule has 0 aliphatic rings. The van der Waals surface area contributed by atoms with E-state index >= 15 is 0 Å². The first-order valence-corrected chi connectivity index (χ1v) is 7.74. The van der Waals surface area contributed by atoms with E-state index in [-0.39, 0.29) is 17.5 Å². The first kappa shape index (κ1) is 17.6. The molecule has 7 heteroatoms. The number of rotatable bonds is 5. The fourth-order valence-corrected chi connectivity index (χ4v) is 2.49. The van der Waals surface area contributed by atoms with E-state index in [0.717, 1.165) is 5.56 Å². The van der Waals surface area contributed by atoms with Gasteiger partial charge in [-0.2, -0.15) is 0 Å². The maximum absolute atomic E-state index is 12.2. The fourth-order valence-electron chi connectivity index (χ4n) is 1.87. The zero-order chi connectivity index (χ0) is 16.8. The van der Waals surface area contributed by atoms with Crippen molar-refractivity contribution in [2.75, 3.05) is 13.7 Å². The molecule has 1 N–H and O–H groups in total. The third-order valence-corrected chi connectivity index (χ3v) is 3.77. The third-order valence-electron chi connectivity index (χ3n) is 2.97. The van der Waals surface area contributed by atoms with Crippen LogP contribution in [0.15, 0.2) is 47.6 Å². The van der Waals surface area contributed by atoms with Gasteiger partial charge in [-0.1, -0.05) is 52.1 Å². The monoisotopic (exact) mass is 370 g/mol. The lowest BCUT2D eigenvalue weighted by Gasteiger charge is -2.09. The number of benzene rings is 2. The fraction of sp³-hybridized carbons (Fsp3) is 0.125. The smallest absolute Gasteiger partial charge is 0.253 e. The van der Waals surface area contributed by atoms with Crippen LogP contribution in [-0.4, -0.2) is 25.3 Å². The second-order valence-corrected chi connectivity index (χ2v) is 5.81. The molecular formula is C16H13Cl3N2O2. The number of carbonyl (C=O) groups excluding carboxylic acids is 1. The summed E-state index contributed by atoms with van der Waals surface area (Å²) in [6.45, 7) is 0.174. The van der Waals surface area contributed by atoms with Crippen LogP contribution in [-0.2, 0) is 4.84 Å². The third kappa shape index (κ3) is 4.86. The summed E-state index contributed by atoms with van der Waals surface area (Å²) >= 11 is 17.7. The van der Waals surface area contributed by atoms with Gasteiger partial charge in [-0.3, -0.25) is 4.79 Å². The number of hydrogen-bond acceptors (Lipinski definition) is 3. The minimum absolute atomic E-state index is 0.174. The van der Waals surface area contributed by atoms with Crippen molar-refractivity contribution in [2.45, 2.75) is 0 Å². The lowest BCUT2D eigenvalue weighted by Crippen LogP contribution is -2.30. The van der Waals surface area contributed by atoms with Crippen LogP contribution in [0.3, 0.4) is 0 Å². The predicted octanol–water partition coefficient (Wildman–Crippen LogP) is 4.43. The molecule has 0 aromatic heterocycles. The minimum Gasteiger partial charge on any atom is -0.399 e. The molecule has 0 unspecified atom stereocenters. The summed E-state index contributed by atoms with van der Waals surface area (Å²) in [5, 5.41) is 8.04. The Balaban J connectivity index is 2.11. The number of amides is 1. The minimum atomic E-state index is -0.329. The molecule has 0 atom stereocenters. The van der Waals surface area contributed by atoms with Gasteiger partial charge in [0, 0.05) is 15.6 Å². The van der Waals surface area contributed by atoms with E-state index in [2.05, 4.69) is 10.5 Å². The molecule has 1 amide bonds. The predicted molar refractivity (Wildman–Crippen MR) is 93.8 cm³/mol. The second kappa shape index (κ2) is 8.20. The number of carbonyl (C=O) groups is 1. The maximum atomic E-state index is 12.2. The van der Waals surface area contributed by atoms with Gasteiger partial charge in [0.25, 0.3) is 5.91 Å². The van der Waals surface area contributed by atoms with Crippen molar-refractivity contribution in [3.63, 3.8) is 0 Å². The van der Waals surface area contributed by atoms with E-state index in [4.69, 9.17) is 39.6 Å². The molecule has 0 spiro atoms. The lowest BCUT2D eigenvalue weighted by atomic mass is 10.1. The normalized spacial score (nSPS) is 11.2. The average molecular weight is 372 g/mol. The van der Waals surface area contributed by atoms with E-state index < -0.39 is 0 Å². The number of nitrogens with one attached hydrogen (secondary N) is 1. The van der Waals surface area contributed by atoms with E-state index in [1.54, 1.807) is 36.4 Å². The van der Waals surface area contributed by atoms with Gasteiger partial charge in [-0.15, -0.1) is 0 Å². The van der Waals surface area contributed by atoms with Gasteiger partial charge in [0.2, 0.25) is 0 Å². The van der Waals surface area contributed by atoms with Crippen molar-refractivity contribution in [1.29, 1.82) is 0 Å². The van der Waals surface area contributed by atoms with Gasteiger partial charge >= 0.3 is 0 Å². The summed E-state index contributed by atoms with van der Waals surface area (Å²) in [6, 6.07) is 11.7. The van der Waals surface area contributed by atoms with Gasteiger partial charge in [0.15, 0.2) is 0 Å². The SMILES string of the molecule is CON=C(CNC(=O)c1ccc(Cl)cc1Cl)c1ccc(Cl)cc1. The van der Waals surface area contributed by atoms with Crippen molar-refractivity contribution in [3.8, 4) is 0 Å². The Morgan fingerprint density at radius 2 is 1.74 bits per heavy atom. The summed E-state index contributed by atoms with van der Waals surface area (Å²) in [4.78, 5) is 17.0. The first-order chi connectivity index (χ1) is 11.0. The van der Waals surface area contributed by atoms with Crippen LogP contribution in [0.25, 0.3) is 0 Å². The maximum Gasteiger partial charge on any atom is 0.253 e. The molecular weight excluding hydrogens is 359 g/mol. The summed E-state index contributed by atoms with van der Waals surface area (Å²) in [5.74, 6) is -0.329. The van der Waals surface area contributed by atoms with Crippen molar-refractivity contribution < 1.29 is 9.63 Å². The van der Waals surface area contributed by atoms with Crippen LogP contribution in [0.5, 0.6) is 0 Å². The van der Waals surface area contributed by atoms with Crippen LogP contribution in [0, 0.1) is 0 Å². The molecule has 120 valence electrons. The Morgan fingerprint density at radius 3 is 2.35 bits per heavy atom. The first-order valence-electron chi connectivity index (χ1n) is 6.60. The lowest BCUT2D eigenvalue weighted by molar-refractivity contribution is 0.0959. The molecule has 2 rings (SSSR count). The molecule has 0 radical (unpaired) electrons. The van der Waals surface area contributed by atoms with Crippen LogP contribution in [0.4, 0.5) is 0 Å². The highest BCUT2D eigenvalue weighted by molar-refractivity contribution is 6.36. The molecule has 0 fully saturated rings. The average Bonchev–Trinajstić information content (AvgIpc) is 2.52. The summed E-state index contributed by atoms with van der Waals surface area (Å²) in [6.07, 6.45) is 0. The highest BCUT2D eigenvalue weighted by atomic mass is 35.5. The number of oxime groups is 1. The van der Waals surface area contributed by atoms with E-state index in [1.807, 2.05) is 0 Å². The highest BCUT2D eigenvalue weighted by Crippen LogP contribution is 2.20. The Hall–Kier alpha value is -1.75. The molecule has 2 aromatic rings. The molecule has 0 aliphatic carbocycles. The zero-order valence-corrected chi connectivity index (χ0v) is 14.4. The standard InChI is InChI=1S/C16H13Cl3N2O2/c1-23-21-15(10-2-4-11(17)5-3-10)9-20-16(22)13-7-6-12(18)8-14(13)19/h2-8H,9H2,1H3,(H,20,22). The molecule has 0 heterocycles. The number of hydrogen-bond donors (Lipinski definition) is 1. The van der Waals surface area contributed by atoms with Crippen LogP contribution < -0.4 is 5.32 Å². The van der Waals surface area contributed by atoms with Crippen molar-refractivity contribution in [1.82, 2.24) is 5.32 Å². The molecule has 0 saturated heterocycles. The van der Waals surface area contributed by atoms with Crippen LogP contribution in [0.1, 0.15) is 15.9 Å². The zero-order valence-electron chi connectivity index (χ0n) is 12.1. The molecule has 0 aliphatic heterocycles. The van der Waals surface area contributed by atoms with Gasteiger partial charge in [0.05, 0.1) is 17.1 Å². The molecule has 0 saturated carbocycles. The quantitative estimate of drug-likeness (QED) is 0.624. The molecule has 0 bridgehead atoms. The van der Waals surface area contributed by atoms with Crippen molar-refractivity contribution >= 4 is 46.4 Å². The summed E-state index contributed by atoms with van der Waals surface area (Å²) < 4.78 is 0. The molecule has 23 heavy (non-hydrogen) atoms. The molecule has 4 nitrogen and oxygen atoms in total. The molecule has 2 aromatic carbocycles. The van der Waals surface area contributed by atoms with Gasteiger partial charge in [0.1, 0.15) is 12.8 Å². The highest BCUT2D eigenvalue weighted by Gasteiger charge is 2.12.